The summed E-state index contributed by atoms with van der Waals surface area (Å²) in [6, 6.07) is -0.318. The molecule has 3 amide bonds. The zero-order valence-corrected chi connectivity index (χ0v) is 8.75. The third kappa shape index (κ3) is 1.01. The molecule has 3 fully saturated rings. The molecule has 82 valence electrons. The number of urea groups is 1. The van der Waals surface area contributed by atoms with Crippen molar-refractivity contribution in [3.05, 3.63) is 0 Å². The molecule has 0 aromatic rings. The lowest BCUT2D eigenvalue weighted by atomic mass is 9.77. The number of amides is 3. The van der Waals surface area contributed by atoms with Crippen molar-refractivity contribution >= 4 is 11.9 Å². The molecule has 3 aliphatic rings. The van der Waals surface area contributed by atoms with Crippen molar-refractivity contribution in [1.29, 1.82) is 0 Å². The Hall–Kier alpha value is -1.10. The Kier molecular flexibility index (Phi) is 1.66. The molecule has 2 aliphatic heterocycles. The molecule has 5 heteroatoms. The Bertz CT molecular complexity index is 328. The highest BCUT2D eigenvalue weighted by atomic mass is 16.2. The third-order valence-corrected chi connectivity index (χ3v) is 4.14. The first kappa shape index (κ1) is 9.15. The van der Waals surface area contributed by atoms with Gasteiger partial charge in [0.1, 0.15) is 5.54 Å². The highest BCUT2D eigenvalue weighted by Crippen LogP contribution is 2.46. The van der Waals surface area contributed by atoms with Crippen LogP contribution >= 0.6 is 0 Å². The normalized spacial score (nSPS) is 44.6. The maximum atomic E-state index is 11.9. The van der Waals surface area contributed by atoms with E-state index in [-0.39, 0.29) is 23.8 Å². The van der Waals surface area contributed by atoms with Crippen molar-refractivity contribution in [1.82, 2.24) is 15.5 Å². The molecule has 1 spiro atoms. The highest BCUT2D eigenvalue weighted by Gasteiger charge is 2.61. The van der Waals surface area contributed by atoms with Gasteiger partial charge in [0.2, 0.25) is 0 Å². The van der Waals surface area contributed by atoms with Crippen molar-refractivity contribution in [2.24, 2.45) is 11.8 Å². The molecule has 15 heavy (non-hydrogen) atoms. The largest absolute Gasteiger partial charge is 0.323 e. The Morgan fingerprint density at radius 2 is 1.87 bits per heavy atom. The fourth-order valence-electron chi connectivity index (χ4n) is 3.55. The van der Waals surface area contributed by atoms with Gasteiger partial charge < -0.3 is 10.2 Å². The number of nitrogens with one attached hydrogen (secondary N) is 2. The molecule has 0 radical (unpaired) electrons. The minimum Gasteiger partial charge on any atom is -0.323 e. The van der Waals surface area contributed by atoms with Crippen LogP contribution in [0.25, 0.3) is 0 Å². The van der Waals surface area contributed by atoms with Crippen LogP contribution in [0.2, 0.25) is 0 Å². The predicted octanol–water partition coefficient (Wildman–Crippen LogP) is -0.464. The quantitative estimate of drug-likeness (QED) is 0.530. The maximum absolute atomic E-state index is 11.9. The molecular formula is C10H15N3O2. The number of carbonyl (C=O) groups excluding carboxylic acids is 2. The van der Waals surface area contributed by atoms with Crippen molar-refractivity contribution in [2.75, 3.05) is 20.1 Å². The Morgan fingerprint density at radius 1 is 1.27 bits per heavy atom. The van der Waals surface area contributed by atoms with E-state index in [2.05, 4.69) is 22.6 Å². The van der Waals surface area contributed by atoms with Crippen molar-refractivity contribution in [2.45, 2.75) is 18.4 Å². The van der Waals surface area contributed by atoms with E-state index < -0.39 is 5.54 Å². The number of rotatable bonds is 0. The van der Waals surface area contributed by atoms with Gasteiger partial charge in [-0.1, -0.05) is 0 Å². The zero-order valence-electron chi connectivity index (χ0n) is 8.75. The van der Waals surface area contributed by atoms with Crippen molar-refractivity contribution in [3.8, 4) is 0 Å². The first-order chi connectivity index (χ1) is 7.13. The number of nitrogens with zero attached hydrogens (tertiary/aromatic N) is 1. The molecule has 0 aromatic carbocycles. The summed E-state index contributed by atoms with van der Waals surface area (Å²) in [6.45, 7) is 1.81. The topological polar surface area (TPSA) is 61.4 Å². The van der Waals surface area contributed by atoms with E-state index in [0.717, 1.165) is 25.9 Å². The summed E-state index contributed by atoms with van der Waals surface area (Å²) in [4.78, 5) is 25.4. The van der Waals surface area contributed by atoms with Crippen LogP contribution in [0.1, 0.15) is 12.8 Å². The zero-order chi connectivity index (χ0) is 10.6. The first-order valence-electron chi connectivity index (χ1n) is 5.45. The minimum absolute atomic E-state index is 0.104. The molecule has 2 unspecified atom stereocenters. The van der Waals surface area contributed by atoms with Gasteiger partial charge in [0.05, 0.1) is 0 Å². The lowest BCUT2D eigenvalue weighted by Gasteiger charge is -2.41. The Morgan fingerprint density at radius 3 is 2.33 bits per heavy atom. The number of hydrogen-bond donors (Lipinski definition) is 2. The second-order valence-corrected chi connectivity index (χ2v) is 4.97. The monoisotopic (exact) mass is 209 g/mol. The fourth-order valence-corrected chi connectivity index (χ4v) is 3.55. The Labute approximate surface area is 88.2 Å². The molecule has 2 atom stereocenters. The van der Waals surface area contributed by atoms with Gasteiger partial charge in [-0.05, 0) is 19.9 Å². The van der Waals surface area contributed by atoms with Gasteiger partial charge in [0, 0.05) is 24.9 Å². The van der Waals surface area contributed by atoms with Gasteiger partial charge in [-0.25, -0.2) is 4.79 Å². The molecule has 1 aliphatic carbocycles. The molecule has 5 nitrogen and oxygen atoms in total. The maximum Gasteiger partial charge on any atom is 0.322 e. The number of likely N-dealkylation sites (tertiary alicyclic amines) is 1. The van der Waals surface area contributed by atoms with E-state index in [1.54, 1.807) is 0 Å². The average Bonchev–Trinajstić information content (AvgIpc) is 2.55. The lowest BCUT2D eigenvalue weighted by molar-refractivity contribution is -0.128. The number of imide groups is 1. The van der Waals surface area contributed by atoms with Gasteiger partial charge >= 0.3 is 6.03 Å². The van der Waals surface area contributed by atoms with E-state index in [1.807, 2.05) is 0 Å². The summed E-state index contributed by atoms with van der Waals surface area (Å²) in [5, 5.41) is 5.26. The van der Waals surface area contributed by atoms with Crippen LogP contribution in [0, 0.1) is 11.8 Å². The lowest BCUT2D eigenvalue weighted by Crippen LogP contribution is -2.62. The molecule has 0 aromatic heterocycles. The minimum atomic E-state index is -0.580. The van der Waals surface area contributed by atoms with Crippen LogP contribution in [-0.4, -0.2) is 42.5 Å². The smallest absolute Gasteiger partial charge is 0.322 e. The van der Waals surface area contributed by atoms with Gasteiger partial charge in [-0.3, -0.25) is 10.1 Å². The average molecular weight is 209 g/mol. The summed E-state index contributed by atoms with van der Waals surface area (Å²) >= 11 is 0. The van der Waals surface area contributed by atoms with Crippen molar-refractivity contribution in [3.63, 3.8) is 0 Å². The number of piperidine rings is 1. The Balaban J connectivity index is 1.99. The van der Waals surface area contributed by atoms with Crippen LogP contribution < -0.4 is 10.6 Å². The summed E-state index contributed by atoms with van der Waals surface area (Å²) in [5.41, 5.74) is -0.580. The first-order valence-corrected chi connectivity index (χ1v) is 5.45. The SMILES string of the molecule is CN1CC2CCC(C1)C21NC(=O)NC1=O. The van der Waals surface area contributed by atoms with Gasteiger partial charge in [-0.15, -0.1) is 0 Å². The summed E-state index contributed by atoms with van der Waals surface area (Å²) in [7, 11) is 2.08. The summed E-state index contributed by atoms with van der Waals surface area (Å²) in [5.74, 6) is 0.466. The van der Waals surface area contributed by atoms with Gasteiger partial charge in [-0.2, -0.15) is 0 Å². The third-order valence-electron chi connectivity index (χ3n) is 4.14. The molecule has 2 saturated heterocycles. The molecular weight excluding hydrogens is 194 g/mol. The summed E-state index contributed by atoms with van der Waals surface area (Å²) < 4.78 is 0. The van der Waals surface area contributed by atoms with E-state index in [9.17, 15) is 9.59 Å². The van der Waals surface area contributed by atoms with Crippen LogP contribution in [0.3, 0.4) is 0 Å². The van der Waals surface area contributed by atoms with Crippen LogP contribution in [-0.2, 0) is 4.79 Å². The second-order valence-electron chi connectivity index (χ2n) is 4.97. The van der Waals surface area contributed by atoms with Crippen molar-refractivity contribution < 1.29 is 9.59 Å². The standard InChI is InChI=1S/C10H15N3O2/c1-13-4-6-2-3-7(5-13)10(6)8(14)11-9(15)12-10/h6-7H,2-5H2,1H3,(H2,11,12,14,15). The summed E-state index contributed by atoms with van der Waals surface area (Å²) in [6.07, 6.45) is 2.09. The van der Waals surface area contributed by atoms with Crippen LogP contribution in [0.5, 0.6) is 0 Å². The van der Waals surface area contributed by atoms with Gasteiger partial charge in [0.15, 0.2) is 0 Å². The van der Waals surface area contributed by atoms with Crippen LogP contribution in [0.15, 0.2) is 0 Å². The van der Waals surface area contributed by atoms with Gasteiger partial charge in [0.25, 0.3) is 5.91 Å². The van der Waals surface area contributed by atoms with Crippen LogP contribution in [0.4, 0.5) is 4.79 Å². The van der Waals surface area contributed by atoms with E-state index >= 15 is 0 Å². The number of carbonyl (C=O) groups is 2. The molecule has 2 N–H and O–H groups in total. The fraction of sp³-hybridized carbons (Fsp3) is 0.800. The van der Waals surface area contributed by atoms with E-state index in [1.165, 1.54) is 0 Å². The second kappa shape index (κ2) is 2.72. The number of hydrogen-bond acceptors (Lipinski definition) is 3. The molecule has 2 heterocycles. The van der Waals surface area contributed by atoms with E-state index in [4.69, 9.17) is 0 Å². The highest BCUT2D eigenvalue weighted by molar-refractivity contribution is 6.07. The molecule has 3 rings (SSSR count). The van der Waals surface area contributed by atoms with E-state index in [0.29, 0.717) is 0 Å². The molecule has 1 saturated carbocycles. The molecule has 2 bridgehead atoms. The predicted molar refractivity (Wildman–Crippen MR) is 53.1 cm³/mol.